The first-order valence-corrected chi connectivity index (χ1v) is 4.18. The number of nitrogens with zero attached hydrogens (tertiary/aromatic N) is 1. The smallest absolute Gasteiger partial charge is 0.205 e. The summed E-state index contributed by atoms with van der Waals surface area (Å²) < 4.78 is 13.1. The maximum absolute atomic E-state index is 13.1. The van der Waals surface area contributed by atoms with Gasteiger partial charge in [-0.05, 0) is 6.07 Å². The summed E-state index contributed by atoms with van der Waals surface area (Å²) in [5.41, 5.74) is 2.93. The van der Waals surface area contributed by atoms with Crippen LogP contribution in [0.25, 0.3) is 0 Å². The number of halogens is 1. The first-order chi connectivity index (χ1) is 6.77. The van der Waals surface area contributed by atoms with Crippen LogP contribution in [-0.2, 0) is 6.54 Å². The molecule has 0 radical (unpaired) electrons. The molecular formula is C9H13FN4. The number of nitrogens with two attached hydrogens (primary N) is 1. The van der Waals surface area contributed by atoms with Crippen LogP contribution in [0.3, 0.4) is 0 Å². The predicted octanol–water partition coefficient (Wildman–Crippen LogP) is 0.364. The lowest BCUT2D eigenvalue weighted by Gasteiger charge is -2.08. The topological polar surface area (TPSA) is 62.4 Å². The monoisotopic (exact) mass is 196 g/mol. The Balaban J connectivity index is 2.58. The summed E-state index contributed by atoms with van der Waals surface area (Å²) in [5, 5.41) is 2.85. The molecule has 0 spiro atoms. The number of aliphatic imine (C=N–C) groups is 1. The van der Waals surface area contributed by atoms with Gasteiger partial charge in [-0.3, -0.25) is 10.4 Å². The maximum atomic E-state index is 13.1. The van der Waals surface area contributed by atoms with E-state index in [2.05, 4.69) is 15.7 Å². The van der Waals surface area contributed by atoms with E-state index < -0.39 is 0 Å². The Hall–Kier alpha value is -1.62. The van der Waals surface area contributed by atoms with E-state index in [9.17, 15) is 4.39 Å². The molecule has 1 rings (SSSR count). The second-order valence-electron chi connectivity index (χ2n) is 2.66. The second-order valence-corrected chi connectivity index (χ2v) is 2.66. The Bertz CT molecular complexity index is 324. The van der Waals surface area contributed by atoms with E-state index in [1.54, 1.807) is 25.2 Å². The van der Waals surface area contributed by atoms with Crippen LogP contribution >= 0.6 is 0 Å². The normalized spacial score (nSPS) is 11.2. The third-order valence-corrected chi connectivity index (χ3v) is 1.76. The van der Waals surface area contributed by atoms with Gasteiger partial charge < -0.3 is 5.32 Å². The molecule has 0 fully saturated rings. The molecule has 0 bridgehead atoms. The van der Waals surface area contributed by atoms with Gasteiger partial charge >= 0.3 is 0 Å². The first kappa shape index (κ1) is 10.5. The summed E-state index contributed by atoms with van der Waals surface area (Å²) in [5.74, 6) is 5.33. The van der Waals surface area contributed by atoms with Crippen molar-refractivity contribution in [2.24, 2.45) is 10.8 Å². The van der Waals surface area contributed by atoms with Crippen LogP contribution < -0.4 is 16.6 Å². The first-order valence-electron chi connectivity index (χ1n) is 4.18. The van der Waals surface area contributed by atoms with Gasteiger partial charge in [0.05, 0.1) is 0 Å². The maximum Gasteiger partial charge on any atom is 0.205 e. The highest BCUT2D eigenvalue weighted by Crippen LogP contribution is 2.04. The number of benzene rings is 1. The molecule has 5 heteroatoms. The zero-order valence-corrected chi connectivity index (χ0v) is 7.92. The van der Waals surface area contributed by atoms with Gasteiger partial charge in [-0.2, -0.15) is 0 Å². The predicted molar refractivity (Wildman–Crippen MR) is 53.9 cm³/mol. The van der Waals surface area contributed by atoms with Gasteiger partial charge in [0.2, 0.25) is 5.96 Å². The molecule has 0 saturated heterocycles. The van der Waals surface area contributed by atoms with Crippen LogP contribution in [-0.4, -0.2) is 13.0 Å². The van der Waals surface area contributed by atoms with Crippen molar-refractivity contribution in [1.82, 2.24) is 10.7 Å². The summed E-state index contributed by atoms with van der Waals surface area (Å²) in [6.45, 7) is 0.351. The number of hydrogen-bond acceptors (Lipinski definition) is 2. The van der Waals surface area contributed by atoms with Crippen LogP contribution in [0.5, 0.6) is 0 Å². The van der Waals surface area contributed by atoms with Crippen molar-refractivity contribution in [2.75, 3.05) is 7.05 Å². The lowest BCUT2D eigenvalue weighted by Crippen LogP contribution is -2.41. The highest BCUT2D eigenvalue weighted by atomic mass is 19.1. The highest BCUT2D eigenvalue weighted by Gasteiger charge is 2.00. The molecule has 14 heavy (non-hydrogen) atoms. The zero-order chi connectivity index (χ0) is 10.4. The van der Waals surface area contributed by atoms with Crippen LogP contribution in [0.1, 0.15) is 5.56 Å². The molecule has 0 aliphatic heterocycles. The quantitative estimate of drug-likeness (QED) is 0.277. The largest absolute Gasteiger partial charge is 0.351 e. The third kappa shape index (κ3) is 2.70. The minimum absolute atomic E-state index is 0.243. The zero-order valence-electron chi connectivity index (χ0n) is 7.92. The fraction of sp³-hybridized carbons (Fsp3) is 0.222. The van der Waals surface area contributed by atoms with Crippen molar-refractivity contribution >= 4 is 5.96 Å². The summed E-state index contributed by atoms with van der Waals surface area (Å²) in [4.78, 5) is 3.80. The van der Waals surface area contributed by atoms with Crippen LogP contribution in [0.15, 0.2) is 29.3 Å². The van der Waals surface area contributed by atoms with Crippen LogP contribution in [0.2, 0.25) is 0 Å². The van der Waals surface area contributed by atoms with Crippen molar-refractivity contribution < 1.29 is 4.39 Å². The molecule has 4 N–H and O–H groups in total. The molecule has 0 atom stereocenters. The van der Waals surface area contributed by atoms with Crippen molar-refractivity contribution in [1.29, 1.82) is 0 Å². The Kier molecular flexibility index (Phi) is 3.87. The van der Waals surface area contributed by atoms with E-state index >= 15 is 0 Å². The standard InChI is InChI=1S/C9H13FN4/c1-12-9(14-11)13-6-7-4-2-3-5-8(7)10/h2-5H,6,11H2,1H3,(H2,12,13,14). The van der Waals surface area contributed by atoms with E-state index in [0.29, 0.717) is 18.1 Å². The van der Waals surface area contributed by atoms with Gasteiger partial charge in [-0.1, -0.05) is 18.2 Å². The average molecular weight is 196 g/mol. The van der Waals surface area contributed by atoms with Crippen LogP contribution in [0, 0.1) is 5.82 Å². The number of rotatable bonds is 2. The summed E-state index contributed by atoms with van der Waals surface area (Å²) in [6.07, 6.45) is 0. The fourth-order valence-corrected chi connectivity index (χ4v) is 1.02. The van der Waals surface area contributed by atoms with Crippen molar-refractivity contribution in [3.63, 3.8) is 0 Å². The molecular weight excluding hydrogens is 183 g/mol. The molecule has 4 nitrogen and oxygen atoms in total. The minimum Gasteiger partial charge on any atom is -0.351 e. The molecule has 0 aliphatic carbocycles. The van der Waals surface area contributed by atoms with Gasteiger partial charge in [0, 0.05) is 19.2 Å². The molecule has 0 unspecified atom stereocenters. The minimum atomic E-state index is -0.243. The molecule has 1 aromatic carbocycles. The van der Waals surface area contributed by atoms with Crippen molar-refractivity contribution in [3.8, 4) is 0 Å². The van der Waals surface area contributed by atoms with E-state index in [-0.39, 0.29) is 5.82 Å². The Morgan fingerprint density at radius 1 is 1.50 bits per heavy atom. The molecule has 0 aromatic heterocycles. The van der Waals surface area contributed by atoms with E-state index in [4.69, 9.17) is 5.84 Å². The Morgan fingerprint density at radius 3 is 2.79 bits per heavy atom. The van der Waals surface area contributed by atoms with E-state index in [1.165, 1.54) is 6.07 Å². The molecule has 0 aliphatic rings. The molecule has 0 heterocycles. The summed E-state index contributed by atoms with van der Waals surface area (Å²) >= 11 is 0. The van der Waals surface area contributed by atoms with Gasteiger partial charge in [0.15, 0.2) is 0 Å². The molecule has 1 aromatic rings. The lowest BCUT2D eigenvalue weighted by molar-refractivity contribution is 0.605. The van der Waals surface area contributed by atoms with Gasteiger partial charge in [0.1, 0.15) is 5.82 Å². The number of hydrogen-bond donors (Lipinski definition) is 3. The van der Waals surface area contributed by atoms with E-state index in [0.717, 1.165) is 0 Å². The van der Waals surface area contributed by atoms with Gasteiger partial charge in [0.25, 0.3) is 0 Å². The Morgan fingerprint density at radius 2 is 2.21 bits per heavy atom. The number of nitrogens with one attached hydrogen (secondary N) is 2. The second kappa shape index (κ2) is 5.18. The summed E-state index contributed by atoms with van der Waals surface area (Å²) in [6, 6.07) is 6.54. The number of guanidine groups is 1. The number of hydrazine groups is 1. The van der Waals surface area contributed by atoms with Gasteiger partial charge in [-0.15, -0.1) is 0 Å². The SMILES string of the molecule is CN=C(NN)NCc1ccccc1F. The highest BCUT2D eigenvalue weighted by molar-refractivity contribution is 5.78. The molecule has 76 valence electrons. The van der Waals surface area contributed by atoms with Crippen molar-refractivity contribution in [3.05, 3.63) is 35.6 Å². The fourth-order valence-electron chi connectivity index (χ4n) is 1.02. The molecule has 0 amide bonds. The van der Waals surface area contributed by atoms with E-state index in [1.807, 2.05) is 0 Å². The molecule has 0 saturated carbocycles. The third-order valence-electron chi connectivity index (χ3n) is 1.76. The Labute approximate surface area is 82.0 Å². The summed E-state index contributed by atoms with van der Waals surface area (Å²) in [7, 11) is 1.59. The average Bonchev–Trinajstić information content (AvgIpc) is 2.22. The van der Waals surface area contributed by atoms with Crippen molar-refractivity contribution in [2.45, 2.75) is 6.54 Å². The van der Waals surface area contributed by atoms with Gasteiger partial charge in [-0.25, -0.2) is 10.2 Å². The van der Waals surface area contributed by atoms with Crippen LogP contribution in [0.4, 0.5) is 4.39 Å². The lowest BCUT2D eigenvalue weighted by atomic mass is 10.2.